The summed E-state index contributed by atoms with van der Waals surface area (Å²) in [4.78, 5) is 13.3. The fourth-order valence-electron chi connectivity index (χ4n) is 3.40. The fourth-order valence-corrected chi connectivity index (χ4v) is 3.40. The number of likely N-dealkylation sites (tertiary alicyclic amines) is 1. The number of carbonyl (C=O) groups excluding carboxylic acids is 1. The molecular formula is C14H24F3N3O2. The molecule has 0 spiro atoms. The van der Waals surface area contributed by atoms with Gasteiger partial charge in [-0.25, -0.2) is 4.79 Å². The molecule has 3 N–H and O–H groups in total. The van der Waals surface area contributed by atoms with Crippen LogP contribution in [0.25, 0.3) is 0 Å². The molecule has 22 heavy (non-hydrogen) atoms. The van der Waals surface area contributed by atoms with Gasteiger partial charge in [0, 0.05) is 30.6 Å². The number of rotatable bonds is 4. The van der Waals surface area contributed by atoms with Crippen molar-refractivity contribution in [1.82, 2.24) is 15.5 Å². The first kappa shape index (κ1) is 17.3. The summed E-state index contributed by atoms with van der Waals surface area (Å²) in [5, 5.41) is 15.1. The van der Waals surface area contributed by atoms with Gasteiger partial charge < -0.3 is 15.7 Å². The SMILES string of the molecule is CC1(CO)CCCC1NC(=O)NC1CCN(CC(F)(F)F)C1. The van der Waals surface area contributed by atoms with Crippen molar-refractivity contribution in [2.24, 2.45) is 5.41 Å². The van der Waals surface area contributed by atoms with Crippen LogP contribution in [0.2, 0.25) is 0 Å². The molecule has 5 nitrogen and oxygen atoms in total. The van der Waals surface area contributed by atoms with Crippen molar-refractivity contribution in [2.45, 2.75) is 50.9 Å². The van der Waals surface area contributed by atoms with Crippen LogP contribution in [0.5, 0.6) is 0 Å². The molecule has 0 aromatic carbocycles. The van der Waals surface area contributed by atoms with Crippen molar-refractivity contribution < 1.29 is 23.1 Å². The molecule has 8 heteroatoms. The number of nitrogens with one attached hydrogen (secondary N) is 2. The molecule has 1 aliphatic heterocycles. The Bertz CT molecular complexity index is 405. The van der Waals surface area contributed by atoms with E-state index in [9.17, 15) is 23.1 Å². The highest BCUT2D eigenvalue weighted by Gasteiger charge is 2.40. The van der Waals surface area contributed by atoms with Gasteiger partial charge in [0.15, 0.2) is 0 Å². The first-order valence-electron chi connectivity index (χ1n) is 7.69. The zero-order chi connectivity index (χ0) is 16.4. The van der Waals surface area contributed by atoms with E-state index in [1.165, 1.54) is 4.90 Å². The summed E-state index contributed by atoms with van der Waals surface area (Å²) in [7, 11) is 0. The Hall–Kier alpha value is -1.02. The molecule has 2 fully saturated rings. The second-order valence-electron chi connectivity index (χ2n) is 6.71. The van der Waals surface area contributed by atoms with Crippen molar-refractivity contribution in [3.8, 4) is 0 Å². The topological polar surface area (TPSA) is 64.6 Å². The van der Waals surface area contributed by atoms with Gasteiger partial charge in [0.25, 0.3) is 0 Å². The average molecular weight is 323 g/mol. The van der Waals surface area contributed by atoms with E-state index in [-0.39, 0.29) is 36.7 Å². The van der Waals surface area contributed by atoms with Gasteiger partial charge in [0.05, 0.1) is 13.2 Å². The van der Waals surface area contributed by atoms with E-state index in [0.29, 0.717) is 13.0 Å². The van der Waals surface area contributed by atoms with Crippen LogP contribution in [0, 0.1) is 5.41 Å². The predicted octanol–water partition coefficient (Wildman–Crippen LogP) is 1.47. The normalized spacial score (nSPS) is 33.1. The molecule has 3 atom stereocenters. The Morgan fingerprint density at radius 2 is 2.09 bits per heavy atom. The van der Waals surface area contributed by atoms with Crippen molar-refractivity contribution in [2.75, 3.05) is 26.2 Å². The van der Waals surface area contributed by atoms with E-state index in [1.54, 1.807) is 0 Å². The third-order valence-electron chi connectivity index (χ3n) is 4.76. The van der Waals surface area contributed by atoms with Gasteiger partial charge >= 0.3 is 12.2 Å². The summed E-state index contributed by atoms with van der Waals surface area (Å²) in [5.41, 5.74) is -0.310. The Morgan fingerprint density at radius 3 is 2.73 bits per heavy atom. The summed E-state index contributed by atoms with van der Waals surface area (Å²) in [6.45, 7) is 1.57. The van der Waals surface area contributed by atoms with Crippen LogP contribution in [0.1, 0.15) is 32.6 Å². The Labute approximate surface area is 128 Å². The number of hydrogen-bond donors (Lipinski definition) is 3. The van der Waals surface area contributed by atoms with E-state index in [4.69, 9.17) is 0 Å². The number of urea groups is 1. The van der Waals surface area contributed by atoms with Crippen LogP contribution >= 0.6 is 0 Å². The lowest BCUT2D eigenvalue weighted by Gasteiger charge is -2.30. The predicted molar refractivity (Wildman–Crippen MR) is 75.4 cm³/mol. The molecule has 2 amide bonds. The molecule has 0 aromatic rings. The molecular weight excluding hydrogens is 299 g/mol. The highest BCUT2D eigenvalue weighted by molar-refractivity contribution is 5.74. The summed E-state index contributed by atoms with van der Waals surface area (Å²) in [6, 6.07) is -0.709. The minimum absolute atomic E-state index is 0.0146. The fraction of sp³-hybridized carbons (Fsp3) is 0.929. The van der Waals surface area contributed by atoms with Gasteiger partial charge in [-0.05, 0) is 19.3 Å². The van der Waals surface area contributed by atoms with Gasteiger partial charge in [0.2, 0.25) is 0 Å². The average Bonchev–Trinajstić information content (AvgIpc) is 2.96. The maximum Gasteiger partial charge on any atom is 0.401 e. The monoisotopic (exact) mass is 323 g/mol. The largest absolute Gasteiger partial charge is 0.401 e. The second kappa shape index (κ2) is 6.62. The number of nitrogens with zero attached hydrogens (tertiary/aromatic N) is 1. The minimum Gasteiger partial charge on any atom is -0.396 e. The molecule has 2 aliphatic rings. The molecule has 1 saturated heterocycles. The van der Waals surface area contributed by atoms with E-state index in [0.717, 1.165) is 19.3 Å². The first-order chi connectivity index (χ1) is 10.2. The highest BCUT2D eigenvalue weighted by atomic mass is 19.4. The Balaban J connectivity index is 1.76. The van der Waals surface area contributed by atoms with Gasteiger partial charge in [0.1, 0.15) is 0 Å². The molecule has 128 valence electrons. The lowest BCUT2D eigenvalue weighted by atomic mass is 9.86. The summed E-state index contributed by atoms with van der Waals surface area (Å²) >= 11 is 0. The van der Waals surface area contributed by atoms with Crippen LogP contribution in [-0.2, 0) is 0 Å². The molecule has 1 heterocycles. The lowest BCUT2D eigenvalue weighted by molar-refractivity contribution is -0.143. The third kappa shape index (κ3) is 4.49. The van der Waals surface area contributed by atoms with Crippen molar-refractivity contribution in [3.05, 3.63) is 0 Å². The summed E-state index contributed by atoms with van der Waals surface area (Å²) in [6.07, 6.45) is -1.06. The first-order valence-corrected chi connectivity index (χ1v) is 7.69. The number of aliphatic hydroxyl groups is 1. The van der Waals surface area contributed by atoms with Crippen molar-refractivity contribution in [3.63, 3.8) is 0 Å². The van der Waals surface area contributed by atoms with Crippen LogP contribution in [0.4, 0.5) is 18.0 Å². The quantitative estimate of drug-likeness (QED) is 0.734. The minimum atomic E-state index is -4.20. The summed E-state index contributed by atoms with van der Waals surface area (Å²) < 4.78 is 37.0. The van der Waals surface area contributed by atoms with Crippen molar-refractivity contribution in [1.29, 1.82) is 0 Å². The van der Waals surface area contributed by atoms with Gasteiger partial charge in [-0.3, -0.25) is 4.90 Å². The van der Waals surface area contributed by atoms with E-state index >= 15 is 0 Å². The zero-order valence-corrected chi connectivity index (χ0v) is 12.7. The summed E-state index contributed by atoms with van der Waals surface area (Å²) in [5.74, 6) is 0. The number of amides is 2. The molecule has 0 aromatic heterocycles. The highest BCUT2D eigenvalue weighted by Crippen LogP contribution is 2.37. The number of halogens is 3. The number of hydrogen-bond acceptors (Lipinski definition) is 3. The number of aliphatic hydroxyl groups excluding tert-OH is 1. The number of alkyl halides is 3. The van der Waals surface area contributed by atoms with Gasteiger partial charge in [-0.1, -0.05) is 13.3 Å². The molecule has 2 rings (SSSR count). The Morgan fingerprint density at radius 1 is 1.36 bits per heavy atom. The molecule has 1 aliphatic carbocycles. The second-order valence-corrected chi connectivity index (χ2v) is 6.71. The maximum absolute atomic E-state index is 12.3. The molecule has 1 saturated carbocycles. The van der Waals surface area contributed by atoms with Crippen LogP contribution in [-0.4, -0.2) is 60.5 Å². The maximum atomic E-state index is 12.3. The third-order valence-corrected chi connectivity index (χ3v) is 4.76. The van der Waals surface area contributed by atoms with Crippen LogP contribution in [0.3, 0.4) is 0 Å². The molecule has 0 radical (unpaired) electrons. The lowest BCUT2D eigenvalue weighted by Crippen LogP contribution is -2.51. The smallest absolute Gasteiger partial charge is 0.396 e. The standard InChI is InChI=1S/C14H24F3N3O2/c1-13(9-21)5-2-3-11(13)19-12(22)18-10-4-6-20(7-10)8-14(15,16)17/h10-11,21H,2-9H2,1H3,(H2,18,19,22). The molecule has 3 unspecified atom stereocenters. The zero-order valence-electron chi connectivity index (χ0n) is 12.7. The van der Waals surface area contributed by atoms with E-state index in [2.05, 4.69) is 10.6 Å². The van der Waals surface area contributed by atoms with E-state index < -0.39 is 12.7 Å². The van der Waals surface area contributed by atoms with Crippen LogP contribution in [0.15, 0.2) is 0 Å². The van der Waals surface area contributed by atoms with Crippen LogP contribution < -0.4 is 10.6 Å². The molecule has 0 bridgehead atoms. The van der Waals surface area contributed by atoms with E-state index in [1.807, 2.05) is 6.92 Å². The van der Waals surface area contributed by atoms with Crippen molar-refractivity contribution >= 4 is 6.03 Å². The Kier molecular flexibility index (Phi) is 5.21. The van der Waals surface area contributed by atoms with Gasteiger partial charge in [-0.2, -0.15) is 13.2 Å². The van der Waals surface area contributed by atoms with Gasteiger partial charge in [-0.15, -0.1) is 0 Å². The number of carbonyl (C=O) groups is 1.